The van der Waals surface area contributed by atoms with E-state index < -0.39 is 16.4 Å². The maximum atomic E-state index is 11.7. The van der Waals surface area contributed by atoms with Crippen molar-refractivity contribution in [1.82, 2.24) is 4.98 Å². The standard InChI is InChI=1S/C14H19N3O4/c1-10-8-11(17(20)21)12(15-9-10)16-14(13(18)19)6-4-2-3-5-7-14/h8-9H,2-7H2,1H3,(H,15,16)(H,18,19). The molecule has 114 valence electrons. The molecular weight excluding hydrogens is 274 g/mol. The van der Waals surface area contributed by atoms with Crippen molar-refractivity contribution in [2.24, 2.45) is 0 Å². The summed E-state index contributed by atoms with van der Waals surface area (Å²) in [5, 5.41) is 23.6. The van der Waals surface area contributed by atoms with Crippen LogP contribution in [0.1, 0.15) is 44.1 Å². The SMILES string of the molecule is Cc1cnc(NC2(C(=O)O)CCCCCC2)c([N+](=O)[O-])c1. The van der Waals surface area contributed by atoms with Gasteiger partial charge in [-0.2, -0.15) is 0 Å². The van der Waals surface area contributed by atoms with Crippen molar-refractivity contribution in [3.63, 3.8) is 0 Å². The van der Waals surface area contributed by atoms with Crippen LogP contribution in [0.4, 0.5) is 11.5 Å². The molecular formula is C14H19N3O4. The minimum Gasteiger partial charge on any atom is -0.480 e. The number of hydrogen-bond donors (Lipinski definition) is 2. The number of nitrogens with one attached hydrogen (secondary N) is 1. The number of pyridine rings is 1. The van der Waals surface area contributed by atoms with Gasteiger partial charge in [0.15, 0.2) is 0 Å². The van der Waals surface area contributed by atoms with E-state index in [2.05, 4.69) is 10.3 Å². The number of carbonyl (C=O) groups is 1. The number of aliphatic carboxylic acids is 1. The number of carboxylic acids is 1. The Kier molecular flexibility index (Phi) is 4.40. The molecule has 0 atom stereocenters. The Balaban J connectivity index is 2.37. The number of aryl methyl sites for hydroxylation is 1. The van der Waals surface area contributed by atoms with Crippen LogP contribution in [0, 0.1) is 17.0 Å². The molecule has 0 aromatic carbocycles. The third kappa shape index (κ3) is 3.29. The molecule has 2 rings (SSSR count). The molecule has 0 amide bonds. The number of anilines is 1. The lowest BCUT2D eigenvalue weighted by atomic mass is 9.90. The lowest BCUT2D eigenvalue weighted by molar-refractivity contribution is -0.384. The van der Waals surface area contributed by atoms with E-state index in [0.717, 1.165) is 25.7 Å². The van der Waals surface area contributed by atoms with Crippen LogP contribution in [-0.4, -0.2) is 26.5 Å². The average Bonchev–Trinajstić information content (AvgIpc) is 2.67. The lowest BCUT2D eigenvalue weighted by Gasteiger charge is -2.29. The minimum atomic E-state index is -1.16. The zero-order chi connectivity index (χ0) is 15.5. The second kappa shape index (κ2) is 6.07. The number of aromatic nitrogens is 1. The second-order valence-corrected chi connectivity index (χ2v) is 5.56. The van der Waals surface area contributed by atoms with Crippen molar-refractivity contribution in [2.75, 3.05) is 5.32 Å². The van der Waals surface area contributed by atoms with E-state index in [1.807, 2.05) is 0 Å². The Morgan fingerprint density at radius 3 is 2.52 bits per heavy atom. The molecule has 1 saturated carbocycles. The first kappa shape index (κ1) is 15.2. The number of nitro groups is 1. The van der Waals surface area contributed by atoms with E-state index in [1.54, 1.807) is 6.92 Å². The monoisotopic (exact) mass is 293 g/mol. The molecule has 21 heavy (non-hydrogen) atoms. The van der Waals surface area contributed by atoms with Gasteiger partial charge in [0.25, 0.3) is 0 Å². The van der Waals surface area contributed by atoms with E-state index in [4.69, 9.17) is 0 Å². The van der Waals surface area contributed by atoms with Crippen molar-refractivity contribution in [3.8, 4) is 0 Å². The zero-order valence-corrected chi connectivity index (χ0v) is 12.0. The molecule has 0 radical (unpaired) electrons. The van der Waals surface area contributed by atoms with Crippen LogP contribution in [0.5, 0.6) is 0 Å². The molecule has 7 nitrogen and oxygen atoms in total. The molecule has 1 aliphatic rings. The quantitative estimate of drug-likeness (QED) is 0.502. The first-order valence-corrected chi connectivity index (χ1v) is 7.07. The highest BCUT2D eigenvalue weighted by atomic mass is 16.6. The molecule has 1 aliphatic carbocycles. The Bertz CT molecular complexity index is 551. The van der Waals surface area contributed by atoms with Crippen LogP contribution < -0.4 is 5.32 Å². The van der Waals surface area contributed by atoms with Gasteiger partial charge in [-0.15, -0.1) is 0 Å². The van der Waals surface area contributed by atoms with Gasteiger partial charge in [-0.05, 0) is 25.3 Å². The summed E-state index contributed by atoms with van der Waals surface area (Å²) in [6, 6.07) is 1.40. The molecule has 2 N–H and O–H groups in total. The van der Waals surface area contributed by atoms with E-state index >= 15 is 0 Å². The predicted octanol–water partition coefficient (Wildman–Crippen LogP) is 2.89. The fourth-order valence-electron chi connectivity index (χ4n) is 2.74. The molecule has 1 fully saturated rings. The zero-order valence-electron chi connectivity index (χ0n) is 12.0. The van der Waals surface area contributed by atoms with Gasteiger partial charge >= 0.3 is 11.7 Å². The van der Waals surface area contributed by atoms with Crippen molar-refractivity contribution >= 4 is 17.5 Å². The molecule has 0 bridgehead atoms. The molecule has 1 aromatic rings. The Hall–Kier alpha value is -2.18. The molecule has 0 spiro atoms. The second-order valence-electron chi connectivity index (χ2n) is 5.56. The Morgan fingerprint density at radius 2 is 2.00 bits per heavy atom. The molecule has 0 aliphatic heterocycles. The highest BCUT2D eigenvalue weighted by Gasteiger charge is 2.40. The van der Waals surface area contributed by atoms with Crippen LogP contribution in [0.25, 0.3) is 0 Å². The number of rotatable bonds is 4. The smallest absolute Gasteiger partial charge is 0.329 e. The fraction of sp³-hybridized carbons (Fsp3) is 0.571. The molecule has 0 unspecified atom stereocenters. The summed E-state index contributed by atoms with van der Waals surface area (Å²) in [6.45, 7) is 1.71. The van der Waals surface area contributed by atoms with E-state index in [1.165, 1.54) is 12.3 Å². The molecule has 0 saturated heterocycles. The van der Waals surface area contributed by atoms with Crippen molar-refractivity contribution in [3.05, 3.63) is 27.9 Å². The van der Waals surface area contributed by atoms with Crippen LogP contribution in [0.15, 0.2) is 12.3 Å². The largest absolute Gasteiger partial charge is 0.480 e. The van der Waals surface area contributed by atoms with Gasteiger partial charge < -0.3 is 10.4 Å². The number of nitrogens with zero attached hydrogens (tertiary/aromatic N) is 2. The lowest BCUT2D eigenvalue weighted by Crippen LogP contribution is -2.46. The highest BCUT2D eigenvalue weighted by molar-refractivity contribution is 5.83. The van der Waals surface area contributed by atoms with Crippen LogP contribution in [0.2, 0.25) is 0 Å². The van der Waals surface area contributed by atoms with Gasteiger partial charge in [-0.1, -0.05) is 25.7 Å². The molecule has 1 heterocycles. The topological polar surface area (TPSA) is 105 Å². The maximum Gasteiger partial charge on any atom is 0.329 e. The predicted molar refractivity (Wildman–Crippen MR) is 77.3 cm³/mol. The summed E-state index contributed by atoms with van der Waals surface area (Å²) >= 11 is 0. The van der Waals surface area contributed by atoms with Gasteiger partial charge in [0.1, 0.15) is 5.54 Å². The van der Waals surface area contributed by atoms with Crippen molar-refractivity contribution in [1.29, 1.82) is 0 Å². The summed E-state index contributed by atoms with van der Waals surface area (Å²) in [6.07, 6.45) is 5.96. The van der Waals surface area contributed by atoms with Gasteiger partial charge in [-0.25, -0.2) is 9.78 Å². The van der Waals surface area contributed by atoms with Gasteiger partial charge in [0.05, 0.1) is 4.92 Å². The van der Waals surface area contributed by atoms with E-state index in [9.17, 15) is 20.0 Å². The molecule has 7 heteroatoms. The number of carboxylic acid groups (broad SMARTS) is 1. The minimum absolute atomic E-state index is 0.0369. The van der Waals surface area contributed by atoms with Gasteiger partial charge in [0, 0.05) is 12.3 Å². The number of hydrogen-bond acceptors (Lipinski definition) is 5. The third-order valence-electron chi connectivity index (χ3n) is 3.93. The normalized spacial score (nSPS) is 17.8. The fourth-order valence-corrected chi connectivity index (χ4v) is 2.74. The third-order valence-corrected chi connectivity index (χ3v) is 3.93. The Labute approximate surface area is 122 Å². The van der Waals surface area contributed by atoms with Crippen molar-refractivity contribution in [2.45, 2.75) is 51.0 Å². The molecule has 1 aromatic heterocycles. The van der Waals surface area contributed by atoms with Crippen LogP contribution in [0.3, 0.4) is 0 Å². The maximum absolute atomic E-state index is 11.7. The van der Waals surface area contributed by atoms with Crippen LogP contribution in [-0.2, 0) is 4.79 Å². The summed E-state index contributed by atoms with van der Waals surface area (Å²) in [4.78, 5) is 26.4. The average molecular weight is 293 g/mol. The first-order chi connectivity index (χ1) is 9.94. The summed E-state index contributed by atoms with van der Waals surface area (Å²) in [5.41, 5.74) is -0.680. The van der Waals surface area contributed by atoms with Gasteiger partial charge in [0.2, 0.25) is 5.82 Å². The van der Waals surface area contributed by atoms with Gasteiger partial charge in [-0.3, -0.25) is 10.1 Å². The summed E-state index contributed by atoms with van der Waals surface area (Å²) < 4.78 is 0. The summed E-state index contributed by atoms with van der Waals surface area (Å²) in [5.74, 6) is -0.934. The van der Waals surface area contributed by atoms with Crippen molar-refractivity contribution < 1.29 is 14.8 Å². The first-order valence-electron chi connectivity index (χ1n) is 7.07. The highest BCUT2D eigenvalue weighted by Crippen LogP contribution is 2.33. The Morgan fingerprint density at radius 1 is 1.38 bits per heavy atom. The van der Waals surface area contributed by atoms with Crippen LogP contribution >= 0.6 is 0 Å². The summed E-state index contributed by atoms with van der Waals surface area (Å²) in [7, 11) is 0. The van der Waals surface area contributed by atoms with E-state index in [0.29, 0.717) is 18.4 Å². The van der Waals surface area contributed by atoms with E-state index in [-0.39, 0.29) is 11.5 Å².